The quantitative estimate of drug-likeness (QED) is 0.856. The van der Waals surface area contributed by atoms with E-state index in [1.54, 1.807) is 36.4 Å². The fourth-order valence-electron chi connectivity index (χ4n) is 2.64. The molecule has 3 rings (SSSR count). The van der Waals surface area contributed by atoms with Crippen molar-refractivity contribution >= 4 is 21.5 Å². The number of carbonyl (C=O) groups is 1. The third-order valence-electron chi connectivity index (χ3n) is 3.85. The molecule has 2 aromatic carbocycles. The first-order valence-electron chi connectivity index (χ1n) is 7.17. The third-order valence-corrected chi connectivity index (χ3v) is 5.68. The van der Waals surface area contributed by atoms with Crippen LogP contribution in [0.25, 0.3) is 0 Å². The molecule has 5 heteroatoms. The summed E-state index contributed by atoms with van der Waals surface area (Å²) in [5.41, 5.74) is 2.38. The summed E-state index contributed by atoms with van der Waals surface area (Å²) < 4.78 is 27.2. The molecule has 114 valence electrons. The molecular formula is C17H17NO3S. The van der Waals surface area contributed by atoms with E-state index in [-0.39, 0.29) is 30.1 Å². The van der Waals surface area contributed by atoms with Crippen molar-refractivity contribution in [2.24, 2.45) is 0 Å². The predicted molar refractivity (Wildman–Crippen MR) is 85.5 cm³/mol. The van der Waals surface area contributed by atoms with Crippen LogP contribution in [0.3, 0.4) is 0 Å². The molecule has 2 aromatic rings. The smallest absolute Gasteiger partial charge is 0.264 e. The van der Waals surface area contributed by atoms with Gasteiger partial charge in [-0.05, 0) is 30.7 Å². The number of para-hydroxylation sites is 1. The van der Waals surface area contributed by atoms with Crippen molar-refractivity contribution in [3.05, 3.63) is 59.7 Å². The highest BCUT2D eigenvalue weighted by Crippen LogP contribution is 2.30. The Bertz CT molecular complexity index is 810. The van der Waals surface area contributed by atoms with Crippen molar-refractivity contribution in [2.75, 3.05) is 10.8 Å². The Labute approximate surface area is 130 Å². The monoisotopic (exact) mass is 315 g/mol. The van der Waals surface area contributed by atoms with Gasteiger partial charge in [-0.25, -0.2) is 8.42 Å². The minimum absolute atomic E-state index is 0.0639. The number of nitrogens with zero attached hydrogens (tertiary/aromatic N) is 1. The van der Waals surface area contributed by atoms with Crippen LogP contribution < -0.4 is 4.31 Å². The van der Waals surface area contributed by atoms with Gasteiger partial charge in [-0.15, -0.1) is 0 Å². The summed E-state index contributed by atoms with van der Waals surface area (Å²) in [5.74, 6) is 0.0639. The van der Waals surface area contributed by atoms with Gasteiger partial charge in [0.2, 0.25) is 0 Å². The number of hydrogen-bond acceptors (Lipinski definition) is 3. The number of aryl methyl sites for hydroxylation is 1. The van der Waals surface area contributed by atoms with Crippen LogP contribution in [0.2, 0.25) is 0 Å². The van der Waals surface area contributed by atoms with Gasteiger partial charge >= 0.3 is 0 Å². The van der Waals surface area contributed by atoms with E-state index < -0.39 is 10.0 Å². The number of ketones is 1. The van der Waals surface area contributed by atoms with E-state index in [9.17, 15) is 13.2 Å². The molecule has 1 heterocycles. The lowest BCUT2D eigenvalue weighted by Crippen LogP contribution is -2.32. The fraction of sp³-hybridized carbons (Fsp3) is 0.235. The van der Waals surface area contributed by atoms with Gasteiger partial charge in [-0.1, -0.05) is 35.9 Å². The normalized spacial score (nSPS) is 15.3. The number of Topliss-reactive ketones (excluding diaryl/α,β-unsaturated/α-hetero) is 1. The predicted octanol–water partition coefficient (Wildman–Crippen LogP) is 2.71. The molecule has 1 aliphatic rings. The molecule has 0 bridgehead atoms. The standard InChI is InChI=1S/C17H17NO3S/c1-13-6-8-16(9-7-13)22(20,21)18-11-10-15(19)12-14-4-2-3-5-17(14)18/h2-9H,10-12H2,1H3. The summed E-state index contributed by atoms with van der Waals surface area (Å²) in [7, 11) is -3.66. The van der Waals surface area contributed by atoms with Crippen molar-refractivity contribution < 1.29 is 13.2 Å². The van der Waals surface area contributed by atoms with Crippen LogP contribution in [0.15, 0.2) is 53.4 Å². The van der Waals surface area contributed by atoms with E-state index >= 15 is 0 Å². The van der Waals surface area contributed by atoms with Crippen LogP contribution in [-0.2, 0) is 21.2 Å². The van der Waals surface area contributed by atoms with Crippen LogP contribution in [0, 0.1) is 6.92 Å². The molecule has 4 nitrogen and oxygen atoms in total. The summed E-state index contributed by atoms with van der Waals surface area (Å²) in [4.78, 5) is 12.1. The highest BCUT2D eigenvalue weighted by atomic mass is 32.2. The molecule has 0 spiro atoms. The molecule has 0 N–H and O–H groups in total. The molecule has 0 atom stereocenters. The Balaban J connectivity index is 2.10. The molecule has 1 aliphatic heterocycles. The first-order chi connectivity index (χ1) is 10.5. The lowest BCUT2D eigenvalue weighted by molar-refractivity contribution is -0.118. The van der Waals surface area contributed by atoms with Crippen LogP contribution in [0.5, 0.6) is 0 Å². The lowest BCUT2D eigenvalue weighted by Gasteiger charge is -2.24. The number of carbonyl (C=O) groups excluding carboxylic acids is 1. The molecule has 0 unspecified atom stereocenters. The Morgan fingerprint density at radius 3 is 2.41 bits per heavy atom. The zero-order valence-corrected chi connectivity index (χ0v) is 13.1. The largest absolute Gasteiger partial charge is 0.299 e. The highest BCUT2D eigenvalue weighted by molar-refractivity contribution is 7.92. The molecule has 0 aliphatic carbocycles. The molecular weight excluding hydrogens is 298 g/mol. The second-order valence-corrected chi connectivity index (χ2v) is 7.35. The fourth-order valence-corrected chi connectivity index (χ4v) is 4.14. The summed E-state index contributed by atoms with van der Waals surface area (Å²) in [5, 5.41) is 0. The van der Waals surface area contributed by atoms with Crippen molar-refractivity contribution in [1.29, 1.82) is 0 Å². The molecule has 0 saturated carbocycles. The molecule has 0 radical (unpaired) electrons. The minimum atomic E-state index is -3.66. The topological polar surface area (TPSA) is 54.5 Å². The maximum Gasteiger partial charge on any atom is 0.264 e. The summed E-state index contributed by atoms with van der Waals surface area (Å²) >= 11 is 0. The van der Waals surface area contributed by atoms with Crippen molar-refractivity contribution in [3.8, 4) is 0 Å². The molecule has 0 fully saturated rings. The van der Waals surface area contributed by atoms with E-state index in [4.69, 9.17) is 0 Å². The van der Waals surface area contributed by atoms with Gasteiger partial charge in [0.15, 0.2) is 0 Å². The van der Waals surface area contributed by atoms with Gasteiger partial charge < -0.3 is 0 Å². The second-order valence-electron chi connectivity index (χ2n) is 5.48. The first-order valence-corrected chi connectivity index (χ1v) is 8.61. The number of rotatable bonds is 2. The van der Waals surface area contributed by atoms with Crippen molar-refractivity contribution in [1.82, 2.24) is 0 Å². The number of hydrogen-bond donors (Lipinski definition) is 0. The van der Waals surface area contributed by atoms with Crippen LogP contribution in [0.1, 0.15) is 17.5 Å². The molecule has 0 aromatic heterocycles. The van der Waals surface area contributed by atoms with E-state index in [0.29, 0.717) is 5.69 Å². The second kappa shape index (κ2) is 5.57. The van der Waals surface area contributed by atoms with Crippen molar-refractivity contribution in [2.45, 2.75) is 24.7 Å². The van der Waals surface area contributed by atoms with Gasteiger partial charge in [0, 0.05) is 19.4 Å². The zero-order chi connectivity index (χ0) is 15.7. The van der Waals surface area contributed by atoms with E-state index in [1.165, 1.54) is 4.31 Å². The first kappa shape index (κ1) is 14.8. The minimum Gasteiger partial charge on any atom is -0.299 e. The maximum absolute atomic E-state index is 12.9. The SMILES string of the molecule is Cc1ccc(S(=O)(=O)N2CCC(=O)Cc3ccccc32)cc1. The van der Waals surface area contributed by atoms with Crippen LogP contribution >= 0.6 is 0 Å². The average molecular weight is 315 g/mol. The average Bonchev–Trinajstić information content (AvgIpc) is 2.66. The highest BCUT2D eigenvalue weighted by Gasteiger charge is 2.29. The number of benzene rings is 2. The Hall–Kier alpha value is -2.14. The van der Waals surface area contributed by atoms with Gasteiger partial charge in [0.1, 0.15) is 5.78 Å². The maximum atomic E-state index is 12.9. The summed E-state index contributed by atoms with van der Waals surface area (Å²) in [6, 6.07) is 14.0. The molecule has 22 heavy (non-hydrogen) atoms. The van der Waals surface area contributed by atoms with Crippen LogP contribution in [-0.4, -0.2) is 20.7 Å². The van der Waals surface area contributed by atoms with Crippen LogP contribution in [0.4, 0.5) is 5.69 Å². The zero-order valence-electron chi connectivity index (χ0n) is 12.3. The number of anilines is 1. The summed E-state index contributed by atoms with van der Waals surface area (Å²) in [6.45, 7) is 2.10. The van der Waals surface area contributed by atoms with Gasteiger partial charge in [0.05, 0.1) is 10.6 Å². The van der Waals surface area contributed by atoms with E-state index in [2.05, 4.69) is 0 Å². The van der Waals surface area contributed by atoms with Gasteiger partial charge in [-0.2, -0.15) is 0 Å². The van der Waals surface area contributed by atoms with Crippen molar-refractivity contribution in [3.63, 3.8) is 0 Å². The Morgan fingerprint density at radius 2 is 1.68 bits per heavy atom. The lowest BCUT2D eigenvalue weighted by atomic mass is 10.1. The Morgan fingerprint density at radius 1 is 1.00 bits per heavy atom. The molecule has 0 amide bonds. The number of fused-ring (bicyclic) bond motifs is 1. The van der Waals surface area contributed by atoms with E-state index in [1.807, 2.05) is 19.1 Å². The number of sulfonamides is 1. The molecule has 0 saturated heterocycles. The van der Waals surface area contributed by atoms with E-state index in [0.717, 1.165) is 11.1 Å². The third kappa shape index (κ3) is 2.64. The Kier molecular flexibility index (Phi) is 3.74. The van der Waals surface area contributed by atoms with Gasteiger partial charge in [-0.3, -0.25) is 9.10 Å². The summed E-state index contributed by atoms with van der Waals surface area (Å²) in [6.07, 6.45) is 0.524. The van der Waals surface area contributed by atoms with Gasteiger partial charge in [0.25, 0.3) is 10.0 Å².